The van der Waals surface area contributed by atoms with Crippen LogP contribution in [0.4, 0.5) is 10.1 Å². The molecule has 1 aliphatic rings. The van der Waals surface area contributed by atoms with E-state index in [0.717, 1.165) is 24.3 Å². The summed E-state index contributed by atoms with van der Waals surface area (Å²) < 4.78 is 40.2. The molecule has 1 fully saturated rings. The van der Waals surface area contributed by atoms with Crippen molar-refractivity contribution in [2.45, 2.75) is 4.90 Å². The number of hydrogen-bond acceptors (Lipinski definition) is 4. The fraction of sp³-hybridized carbons (Fsp3) is 0.200. The first-order chi connectivity index (χ1) is 14.2. The van der Waals surface area contributed by atoms with Crippen LogP contribution in [0.3, 0.4) is 0 Å². The average molecular weight is 452 g/mol. The van der Waals surface area contributed by atoms with Crippen LogP contribution in [0.5, 0.6) is 0 Å². The fourth-order valence-electron chi connectivity index (χ4n) is 3.05. The van der Waals surface area contributed by atoms with Crippen LogP contribution in [-0.2, 0) is 14.8 Å². The van der Waals surface area contributed by atoms with Crippen molar-refractivity contribution >= 4 is 39.1 Å². The molecule has 158 valence electrons. The molecule has 7 nitrogen and oxygen atoms in total. The molecule has 0 unspecified atom stereocenters. The van der Waals surface area contributed by atoms with Gasteiger partial charge in [0.2, 0.25) is 15.9 Å². The van der Waals surface area contributed by atoms with E-state index in [9.17, 15) is 22.4 Å². The van der Waals surface area contributed by atoms with Crippen molar-refractivity contribution in [3.05, 3.63) is 71.5 Å². The summed E-state index contributed by atoms with van der Waals surface area (Å²) in [5.74, 6) is -1.46. The van der Waals surface area contributed by atoms with Crippen LogP contribution in [0.1, 0.15) is 10.4 Å². The lowest BCUT2D eigenvalue weighted by atomic mass is 10.1. The molecule has 0 spiro atoms. The van der Waals surface area contributed by atoms with Gasteiger partial charge in [-0.15, -0.1) is 0 Å². The van der Waals surface area contributed by atoms with Gasteiger partial charge in [0, 0.05) is 26.2 Å². The number of carbonyl (C=O) groups excluding carboxylic acids is 2. The number of nitrogens with zero attached hydrogens (tertiary/aromatic N) is 2. The number of sulfonamides is 1. The van der Waals surface area contributed by atoms with Gasteiger partial charge < -0.3 is 10.2 Å². The topological polar surface area (TPSA) is 86.8 Å². The Morgan fingerprint density at radius 2 is 1.77 bits per heavy atom. The van der Waals surface area contributed by atoms with Gasteiger partial charge in [0.15, 0.2) is 0 Å². The Bertz CT molecular complexity index is 1100. The fourth-order valence-corrected chi connectivity index (χ4v) is 4.74. The Morgan fingerprint density at radius 3 is 2.40 bits per heavy atom. The van der Waals surface area contributed by atoms with Gasteiger partial charge in [-0.25, -0.2) is 12.8 Å². The number of amides is 2. The van der Waals surface area contributed by atoms with Crippen molar-refractivity contribution in [3.63, 3.8) is 0 Å². The second-order valence-corrected chi connectivity index (χ2v) is 8.86. The van der Waals surface area contributed by atoms with Gasteiger partial charge >= 0.3 is 0 Å². The number of piperazine rings is 1. The predicted molar refractivity (Wildman–Crippen MR) is 111 cm³/mol. The highest BCUT2D eigenvalue weighted by atomic mass is 35.5. The Labute approximate surface area is 178 Å². The molecule has 0 saturated carbocycles. The van der Waals surface area contributed by atoms with Gasteiger partial charge in [-0.3, -0.25) is 9.59 Å². The molecule has 0 radical (unpaired) electrons. The summed E-state index contributed by atoms with van der Waals surface area (Å²) >= 11 is 5.71. The maximum absolute atomic E-state index is 13.3. The van der Waals surface area contributed by atoms with Crippen molar-refractivity contribution in [1.29, 1.82) is 0 Å². The van der Waals surface area contributed by atoms with Gasteiger partial charge in [-0.2, -0.15) is 4.31 Å². The molecule has 0 aromatic heterocycles. The molecular formula is C20H19ClFN3O4S. The zero-order valence-corrected chi connectivity index (χ0v) is 17.4. The van der Waals surface area contributed by atoms with Gasteiger partial charge in [0.25, 0.3) is 5.91 Å². The number of halogens is 2. The second kappa shape index (κ2) is 8.95. The summed E-state index contributed by atoms with van der Waals surface area (Å²) in [7, 11) is -3.87. The van der Waals surface area contributed by atoms with Crippen molar-refractivity contribution < 1.29 is 22.4 Å². The maximum atomic E-state index is 13.3. The van der Waals surface area contributed by atoms with Crippen molar-refractivity contribution in [2.75, 3.05) is 31.5 Å². The van der Waals surface area contributed by atoms with Crippen LogP contribution in [-0.4, -0.2) is 55.6 Å². The highest BCUT2D eigenvalue weighted by Gasteiger charge is 2.31. The number of benzene rings is 2. The molecule has 1 saturated heterocycles. The third-order valence-electron chi connectivity index (χ3n) is 4.66. The summed E-state index contributed by atoms with van der Waals surface area (Å²) in [4.78, 5) is 25.9. The molecule has 0 bridgehead atoms. The minimum Gasteiger partial charge on any atom is -0.336 e. The van der Waals surface area contributed by atoms with E-state index in [2.05, 4.69) is 11.9 Å². The van der Waals surface area contributed by atoms with Crippen LogP contribution in [0.2, 0.25) is 5.02 Å². The SMILES string of the molecule is C=CC(=O)Nc1ccccc1C(=O)N1CCN(S(=O)(=O)c2ccc(F)c(Cl)c2)CC1. The first-order valence-corrected chi connectivity index (χ1v) is 10.8. The molecule has 0 aliphatic carbocycles. The third kappa shape index (κ3) is 4.53. The van der Waals surface area contributed by atoms with Crippen LogP contribution in [0, 0.1) is 5.82 Å². The summed E-state index contributed by atoms with van der Waals surface area (Å²) in [5.41, 5.74) is 0.651. The highest BCUT2D eigenvalue weighted by Crippen LogP contribution is 2.24. The molecule has 10 heteroatoms. The highest BCUT2D eigenvalue weighted by molar-refractivity contribution is 7.89. The Morgan fingerprint density at radius 1 is 1.10 bits per heavy atom. The van der Waals surface area contributed by atoms with Crippen LogP contribution < -0.4 is 5.32 Å². The van der Waals surface area contributed by atoms with Gasteiger partial charge in [-0.05, 0) is 36.4 Å². The van der Waals surface area contributed by atoms with Gasteiger partial charge in [0.05, 0.1) is 21.2 Å². The molecule has 30 heavy (non-hydrogen) atoms. The van der Waals surface area contributed by atoms with E-state index in [-0.39, 0.29) is 42.0 Å². The Hall–Kier alpha value is -2.75. The first-order valence-electron chi connectivity index (χ1n) is 9.01. The lowest BCUT2D eigenvalue weighted by Crippen LogP contribution is -2.50. The molecular weight excluding hydrogens is 433 g/mol. The minimum absolute atomic E-state index is 0.0737. The molecule has 2 aromatic rings. The number of anilines is 1. The van der Waals surface area contributed by atoms with Gasteiger partial charge in [-0.1, -0.05) is 30.3 Å². The number of para-hydroxylation sites is 1. The minimum atomic E-state index is -3.87. The summed E-state index contributed by atoms with van der Waals surface area (Å²) in [6.45, 7) is 3.86. The lowest BCUT2D eigenvalue weighted by Gasteiger charge is -2.34. The average Bonchev–Trinajstić information content (AvgIpc) is 2.75. The second-order valence-electron chi connectivity index (χ2n) is 6.51. The number of carbonyl (C=O) groups is 2. The van der Waals surface area contributed by atoms with Crippen molar-refractivity contribution in [2.24, 2.45) is 0 Å². The van der Waals surface area contributed by atoms with Crippen molar-refractivity contribution in [3.8, 4) is 0 Å². The number of hydrogen-bond donors (Lipinski definition) is 1. The standard InChI is InChI=1S/C20H19ClFN3O4S/c1-2-19(26)23-18-6-4-3-5-15(18)20(27)24-9-11-25(12-10-24)30(28,29)14-7-8-17(22)16(21)13-14/h2-8,13H,1,9-12H2,(H,23,26). The molecule has 1 N–H and O–H groups in total. The molecule has 3 rings (SSSR count). The smallest absolute Gasteiger partial charge is 0.256 e. The number of rotatable bonds is 5. The third-order valence-corrected chi connectivity index (χ3v) is 6.84. The van der Waals surface area contributed by atoms with E-state index in [4.69, 9.17) is 11.6 Å². The molecule has 0 atom stereocenters. The summed E-state index contributed by atoms with van der Waals surface area (Å²) in [5, 5.41) is 2.32. The molecule has 2 aromatic carbocycles. The van der Waals surface area contributed by atoms with Crippen LogP contribution in [0.25, 0.3) is 0 Å². The van der Waals surface area contributed by atoms with E-state index >= 15 is 0 Å². The number of nitrogens with one attached hydrogen (secondary N) is 1. The van der Waals surface area contributed by atoms with Crippen LogP contribution >= 0.6 is 11.6 Å². The van der Waals surface area contributed by atoms with Crippen molar-refractivity contribution in [1.82, 2.24) is 9.21 Å². The Balaban J connectivity index is 1.73. The van der Waals surface area contributed by atoms with E-state index in [1.807, 2.05) is 0 Å². The van der Waals surface area contributed by atoms with E-state index in [1.54, 1.807) is 24.3 Å². The summed E-state index contributed by atoms with van der Waals surface area (Å²) in [6.07, 6.45) is 1.10. The van der Waals surface area contributed by atoms with E-state index in [0.29, 0.717) is 11.3 Å². The first kappa shape index (κ1) is 21.9. The molecule has 2 amide bonds. The summed E-state index contributed by atoms with van der Waals surface area (Å²) in [6, 6.07) is 9.79. The Kier molecular flexibility index (Phi) is 6.55. The maximum Gasteiger partial charge on any atom is 0.256 e. The van der Waals surface area contributed by atoms with E-state index in [1.165, 1.54) is 9.21 Å². The molecule has 1 heterocycles. The zero-order valence-electron chi connectivity index (χ0n) is 15.8. The largest absolute Gasteiger partial charge is 0.336 e. The lowest BCUT2D eigenvalue weighted by molar-refractivity contribution is -0.111. The molecule has 1 aliphatic heterocycles. The van der Waals surface area contributed by atoms with E-state index < -0.39 is 21.7 Å². The monoisotopic (exact) mass is 451 g/mol. The predicted octanol–water partition coefficient (Wildman–Crippen LogP) is 2.75. The van der Waals surface area contributed by atoms with Crippen LogP contribution in [0.15, 0.2) is 60.0 Å². The van der Waals surface area contributed by atoms with Gasteiger partial charge in [0.1, 0.15) is 5.82 Å². The zero-order chi connectivity index (χ0) is 21.9. The normalized spacial score (nSPS) is 14.9. The quantitative estimate of drug-likeness (QED) is 0.708.